The first kappa shape index (κ1) is 16.3. The van der Waals surface area contributed by atoms with Crippen LogP contribution in [-0.4, -0.2) is 32.0 Å². The first-order valence-corrected chi connectivity index (χ1v) is 9.03. The highest BCUT2D eigenvalue weighted by Gasteiger charge is 2.39. The summed E-state index contributed by atoms with van der Waals surface area (Å²) in [6.45, 7) is 2.50. The van der Waals surface area contributed by atoms with Crippen LogP contribution in [0.15, 0.2) is 22.9 Å². The van der Waals surface area contributed by atoms with Gasteiger partial charge in [0, 0.05) is 12.6 Å². The first-order valence-electron chi connectivity index (χ1n) is 9.03. The largest absolute Gasteiger partial charge is 0.469 e. The molecule has 0 unspecified atom stereocenters. The number of rotatable bonds is 5. The van der Waals surface area contributed by atoms with E-state index in [4.69, 9.17) is 4.42 Å². The van der Waals surface area contributed by atoms with Crippen molar-refractivity contribution in [3.8, 4) is 0 Å². The van der Waals surface area contributed by atoms with Crippen LogP contribution in [0.25, 0.3) is 0 Å². The van der Waals surface area contributed by atoms with Crippen molar-refractivity contribution in [1.29, 1.82) is 0 Å². The summed E-state index contributed by atoms with van der Waals surface area (Å²) >= 11 is 0. The molecule has 134 valence electrons. The maximum absolute atomic E-state index is 12.4. The Morgan fingerprint density at radius 3 is 2.96 bits per heavy atom. The normalized spacial score (nSPS) is 24.9. The van der Waals surface area contributed by atoms with Gasteiger partial charge in [0.25, 0.3) is 5.91 Å². The summed E-state index contributed by atoms with van der Waals surface area (Å²) in [6.07, 6.45) is 9.07. The van der Waals surface area contributed by atoms with E-state index in [1.807, 2.05) is 10.9 Å². The second-order valence-electron chi connectivity index (χ2n) is 7.37. The lowest BCUT2D eigenvalue weighted by atomic mass is 9.78. The van der Waals surface area contributed by atoms with Gasteiger partial charge in [-0.1, -0.05) is 11.6 Å². The number of carbonyl (C=O) groups is 1. The molecule has 2 aromatic heterocycles. The van der Waals surface area contributed by atoms with Gasteiger partial charge in [0.15, 0.2) is 0 Å². The van der Waals surface area contributed by atoms with E-state index in [0.717, 1.165) is 38.5 Å². The van der Waals surface area contributed by atoms with E-state index in [0.29, 0.717) is 29.5 Å². The van der Waals surface area contributed by atoms with Crippen LogP contribution >= 0.6 is 0 Å². The van der Waals surface area contributed by atoms with E-state index < -0.39 is 5.60 Å². The van der Waals surface area contributed by atoms with E-state index >= 15 is 0 Å². The minimum atomic E-state index is -0.777. The second kappa shape index (κ2) is 6.29. The molecule has 2 aromatic rings. The Balaban J connectivity index is 1.40. The maximum atomic E-state index is 12.4. The maximum Gasteiger partial charge on any atom is 0.255 e. The summed E-state index contributed by atoms with van der Waals surface area (Å²) < 4.78 is 7.03. The van der Waals surface area contributed by atoms with Crippen molar-refractivity contribution in [2.24, 2.45) is 5.92 Å². The highest BCUT2D eigenvalue weighted by molar-refractivity contribution is 5.95. The molecule has 2 N–H and O–H groups in total. The number of nitrogens with one attached hydrogen (secondary N) is 1. The second-order valence-corrected chi connectivity index (χ2v) is 7.37. The lowest BCUT2D eigenvalue weighted by molar-refractivity contribution is -0.0427. The molecule has 0 radical (unpaired) electrons. The Labute approximate surface area is 146 Å². The van der Waals surface area contributed by atoms with Gasteiger partial charge in [-0.05, 0) is 51.0 Å². The summed E-state index contributed by atoms with van der Waals surface area (Å²) in [7, 11) is 0. The third-order valence-corrected chi connectivity index (χ3v) is 5.70. The molecule has 0 spiro atoms. The number of aryl methyl sites for hydroxylation is 1. The molecule has 0 aliphatic heterocycles. The molecule has 1 amide bonds. The van der Waals surface area contributed by atoms with Crippen molar-refractivity contribution in [3.63, 3.8) is 0 Å². The molecule has 2 heterocycles. The standard InChI is InChI=1S/C18H24N4O3/c1-12-14(6-9-25-12)17(23)19-15-5-2-4-13(15)10-22-11-16(20-21-22)18(24)7-3-8-18/h6,9,11,13,15,24H,2-5,7-8,10H2,1H3,(H,19,23)/t13-,15-/m1/s1. The molecule has 0 saturated heterocycles. The Bertz CT molecular complexity index is 762. The first-order chi connectivity index (χ1) is 12.0. The van der Waals surface area contributed by atoms with Gasteiger partial charge in [0.2, 0.25) is 0 Å². The smallest absolute Gasteiger partial charge is 0.255 e. The third kappa shape index (κ3) is 3.08. The highest BCUT2D eigenvalue weighted by atomic mass is 16.3. The molecule has 0 bridgehead atoms. The fourth-order valence-corrected chi connectivity index (χ4v) is 3.92. The molecule has 4 rings (SSSR count). The Morgan fingerprint density at radius 1 is 1.44 bits per heavy atom. The van der Waals surface area contributed by atoms with Crippen molar-refractivity contribution in [1.82, 2.24) is 20.3 Å². The van der Waals surface area contributed by atoms with Gasteiger partial charge >= 0.3 is 0 Å². The molecular weight excluding hydrogens is 320 g/mol. The summed E-state index contributed by atoms with van der Waals surface area (Å²) in [5.74, 6) is 0.884. The van der Waals surface area contributed by atoms with E-state index in [9.17, 15) is 9.90 Å². The van der Waals surface area contributed by atoms with Crippen LogP contribution in [0.1, 0.15) is 60.3 Å². The number of amides is 1. The lowest BCUT2D eigenvalue weighted by Crippen LogP contribution is -2.39. The topological polar surface area (TPSA) is 93.2 Å². The molecule has 2 aliphatic carbocycles. The SMILES string of the molecule is Cc1occc1C(=O)N[C@@H]1CCC[C@@H]1Cn1cc(C2(O)CCC2)nn1. The van der Waals surface area contributed by atoms with Gasteiger partial charge in [-0.15, -0.1) is 5.10 Å². The minimum absolute atomic E-state index is 0.0776. The van der Waals surface area contributed by atoms with Crippen molar-refractivity contribution < 1.29 is 14.3 Å². The molecule has 2 aliphatic rings. The zero-order chi connectivity index (χ0) is 17.4. The van der Waals surface area contributed by atoms with Crippen LogP contribution in [0.2, 0.25) is 0 Å². The molecule has 7 heteroatoms. The molecule has 2 saturated carbocycles. The molecular formula is C18H24N4O3. The monoisotopic (exact) mass is 344 g/mol. The average molecular weight is 344 g/mol. The van der Waals surface area contributed by atoms with Crippen LogP contribution in [0.4, 0.5) is 0 Å². The van der Waals surface area contributed by atoms with Crippen LogP contribution in [0.5, 0.6) is 0 Å². The Morgan fingerprint density at radius 2 is 2.28 bits per heavy atom. The number of carbonyl (C=O) groups excluding carboxylic acids is 1. The van der Waals surface area contributed by atoms with Crippen molar-refractivity contribution >= 4 is 5.91 Å². The quantitative estimate of drug-likeness (QED) is 0.867. The van der Waals surface area contributed by atoms with Gasteiger partial charge in [0.05, 0.1) is 18.0 Å². The van der Waals surface area contributed by atoms with Crippen LogP contribution in [-0.2, 0) is 12.1 Å². The molecule has 0 aromatic carbocycles. The number of aromatic nitrogens is 3. The van der Waals surface area contributed by atoms with E-state index in [1.54, 1.807) is 19.3 Å². The Kier molecular flexibility index (Phi) is 4.11. The fourth-order valence-electron chi connectivity index (χ4n) is 3.92. The van der Waals surface area contributed by atoms with E-state index in [1.165, 1.54) is 0 Å². The van der Waals surface area contributed by atoms with Gasteiger partial charge in [0.1, 0.15) is 17.1 Å². The van der Waals surface area contributed by atoms with E-state index in [-0.39, 0.29) is 11.9 Å². The summed E-state index contributed by atoms with van der Waals surface area (Å²) in [5, 5.41) is 21.9. The van der Waals surface area contributed by atoms with Gasteiger partial charge in [-0.2, -0.15) is 0 Å². The number of hydrogen-bond donors (Lipinski definition) is 2. The van der Waals surface area contributed by atoms with Gasteiger partial charge in [-0.3, -0.25) is 9.48 Å². The Hall–Kier alpha value is -2.15. The van der Waals surface area contributed by atoms with Crippen molar-refractivity contribution in [3.05, 3.63) is 35.5 Å². The summed E-state index contributed by atoms with van der Waals surface area (Å²) in [5.41, 5.74) is 0.493. The van der Waals surface area contributed by atoms with Crippen LogP contribution in [0.3, 0.4) is 0 Å². The van der Waals surface area contributed by atoms with Gasteiger partial charge < -0.3 is 14.8 Å². The lowest BCUT2D eigenvalue weighted by Gasteiger charge is -2.34. The van der Waals surface area contributed by atoms with Gasteiger partial charge in [-0.25, -0.2) is 0 Å². The van der Waals surface area contributed by atoms with Crippen molar-refractivity contribution in [2.75, 3.05) is 0 Å². The third-order valence-electron chi connectivity index (χ3n) is 5.70. The van der Waals surface area contributed by atoms with Crippen LogP contribution < -0.4 is 5.32 Å². The van der Waals surface area contributed by atoms with Crippen molar-refractivity contribution in [2.45, 2.75) is 63.6 Å². The molecule has 2 atom stereocenters. The minimum Gasteiger partial charge on any atom is -0.469 e. The molecule has 7 nitrogen and oxygen atoms in total. The number of furan rings is 1. The zero-order valence-corrected chi connectivity index (χ0v) is 14.4. The summed E-state index contributed by atoms with van der Waals surface area (Å²) in [6, 6.07) is 1.83. The fraction of sp³-hybridized carbons (Fsp3) is 0.611. The number of nitrogens with zero attached hydrogens (tertiary/aromatic N) is 3. The average Bonchev–Trinajstić information content (AvgIpc) is 3.28. The zero-order valence-electron chi connectivity index (χ0n) is 14.4. The molecule has 2 fully saturated rings. The highest BCUT2D eigenvalue weighted by Crippen LogP contribution is 2.39. The van der Waals surface area contributed by atoms with Crippen LogP contribution in [0, 0.1) is 12.8 Å². The van der Waals surface area contributed by atoms with E-state index in [2.05, 4.69) is 15.6 Å². The number of hydrogen-bond acceptors (Lipinski definition) is 5. The number of aliphatic hydroxyl groups is 1. The predicted octanol–water partition coefficient (Wildman–Crippen LogP) is 2.15. The predicted molar refractivity (Wildman–Crippen MR) is 89.8 cm³/mol. The summed E-state index contributed by atoms with van der Waals surface area (Å²) in [4.78, 5) is 12.4. The molecule has 25 heavy (non-hydrogen) atoms.